The van der Waals surface area contributed by atoms with Crippen molar-refractivity contribution in [2.24, 2.45) is 0 Å². The van der Waals surface area contributed by atoms with Crippen LogP contribution in [0.3, 0.4) is 0 Å². The minimum absolute atomic E-state index is 0. The van der Waals surface area contributed by atoms with Gasteiger partial charge in [0.15, 0.2) is 0 Å². The number of allylic oxidation sites excluding steroid dienone is 2. The van der Waals surface area contributed by atoms with Crippen LogP contribution in [0.2, 0.25) is 0 Å². The Hall–Kier alpha value is -0.747. The molecule has 0 heterocycles. The van der Waals surface area contributed by atoms with Crippen molar-refractivity contribution in [1.82, 2.24) is 0 Å². The molecule has 2 atom stereocenters. The summed E-state index contributed by atoms with van der Waals surface area (Å²) in [7, 11) is 0. The van der Waals surface area contributed by atoms with Gasteiger partial charge in [0.05, 0.1) is 0 Å². The zero-order valence-corrected chi connectivity index (χ0v) is 19.2. The Morgan fingerprint density at radius 2 is 1.15 bits per heavy atom. The second kappa shape index (κ2) is 9.45. The summed E-state index contributed by atoms with van der Waals surface area (Å²) in [4.78, 5) is 0. The van der Waals surface area contributed by atoms with Crippen molar-refractivity contribution in [3.05, 3.63) is 82.9 Å². The number of rotatable bonds is 4. The zero-order chi connectivity index (χ0) is 16.5. The second-order valence-corrected chi connectivity index (χ2v) is 13.7. The Morgan fingerprint density at radius 1 is 0.731 bits per heavy atom. The first kappa shape index (κ1) is 21.6. The minimum atomic E-state index is -1.91. The first-order valence-electron chi connectivity index (χ1n) is 9.09. The molecule has 0 saturated carbocycles. The molecule has 0 aliphatic heterocycles. The largest absolute Gasteiger partial charge is 1.00 e. The van der Waals surface area contributed by atoms with Crippen LogP contribution in [0.5, 0.6) is 0 Å². The van der Waals surface area contributed by atoms with E-state index in [1.54, 1.807) is 11.1 Å². The van der Waals surface area contributed by atoms with Crippen molar-refractivity contribution in [1.29, 1.82) is 0 Å². The van der Waals surface area contributed by atoms with E-state index in [1.165, 1.54) is 24.0 Å². The number of halogens is 2. The van der Waals surface area contributed by atoms with Crippen molar-refractivity contribution < 1.29 is 46.1 Å². The van der Waals surface area contributed by atoms with E-state index in [-0.39, 0.29) is 24.8 Å². The summed E-state index contributed by atoms with van der Waals surface area (Å²) >= 11 is -1.91. The molecule has 0 aromatic heterocycles. The molecule has 2 aromatic carbocycles. The molecule has 26 heavy (non-hydrogen) atoms. The van der Waals surface area contributed by atoms with Gasteiger partial charge in [0.1, 0.15) is 0 Å². The molecule has 0 nitrogen and oxygen atoms in total. The normalized spacial score (nSPS) is 18.2. The van der Waals surface area contributed by atoms with E-state index in [0.717, 1.165) is 0 Å². The molecule has 2 aliphatic carbocycles. The fourth-order valence-corrected chi connectivity index (χ4v) is 13.9. The van der Waals surface area contributed by atoms with Crippen LogP contribution in [0.15, 0.2) is 60.7 Å². The minimum Gasteiger partial charge on any atom is -1.00 e. The molecular weight excluding hydrogens is 438 g/mol. The van der Waals surface area contributed by atoms with E-state index in [4.69, 9.17) is 0 Å². The maximum Gasteiger partial charge on any atom is -1.00 e. The maximum atomic E-state index is 2.53. The number of hydrogen-bond acceptors (Lipinski definition) is 0. The van der Waals surface area contributed by atoms with Crippen molar-refractivity contribution in [3.63, 3.8) is 0 Å². The third-order valence-corrected chi connectivity index (χ3v) is 15.0. The third kappa shape index (κ3) is 3.77. The summed E-state index contributed by atoms with van der Waals surface area (Å²) in [6.45, 7) is 4.74. The van der Waals surface area contributed by atoms with Gasteiger partial charge in [0.25, 0.3) is 0 Å². The summed E-state index contributed by atoms with van der Waals surface area (Å²) in [6.07, 6.45) is 12.3. The summed E-state index contributed by atoms with van der Waals surface area (Å²) in [5.41, 5.74) is 6.07. The summed E-state index contributed by atoms with van der Waals surface area (Å²) in [5, 5.41) is 0. The first-order valence-corrected chi connectivity index (χ1v) is 13.2. The molecule has 0 radical (unpaired) electrons. The van der Waals surface area contributed by atoms with E-state index < -0.39 is 21.3 Å². The van der Waals surface area contributed by atoms with Crippen LogP contribution in [0, 0.1) is 0 Å². The molecular formula is C23H24Cl2Zr. The van der Waals surface area contributed by atoms with Crippen molar-refractivity contribution in [2.75, 3.05) is 0 Å². The van der Waals surface area contributed by atoms with Crippen LogP contribution in [0.1, 0.15) is 56.2 Å². The molecule has 2 unspecified atom stereocenters. The van der Waals surface area contributed by atoms with Crippen molar-refractivity contribution >= 4 is 15.4 Å². The van der Waals surface area contributed by atoms with Crippen LogP contribution in [0.4, 0.5) is 0 Å². The Morgan fingerprint density at radius 3 is 1.58 bits per heavy atom. The van der Waals surface area contributed by atoms with E-state index in [0.29, 0.717) is 7.25 Å². The first-order chi connectivity index (χ1) is 11.8. The van der Waals surface area contributed by atoms with Gasteiger partial charge < -0.3 is 24.8 Å². The van der Waals surface area contributed by atoms with E-state index >= 15 is 0 Å². The predicted molar refractivity (Wildman–Crippen MR) is 102 cm³/mol. The predicted octanol–water partition coefficient (Wildman–Crippen LogP) is 0.141. The topological polar surface area (TPSA) is 0 Å². The van der Waals surface area contributed by atoms with Gasteiger partial charge in [0, 0.05) is 0 Å². The van der Waals surface area contributed by atoms with Gasteiger partial charge in [0.2, 0.25) is 0 Å². The average molecular weight is 463 g/mol. The average Bonchev–Trinajstić information content (AvgIpc) is 3.24. The van der Waals surface area contributed by atoms with Crippen molar-refractivity contribution in [3.8, 4) is 0 Å². The van der Waals surface area contributed by atoms with Crippen LogP contribution in [0.25, 0.3) is 12.2 Å². The van der Waals surface area contributed by atoms with Gasteiger partial charge >= 0.3 is 154 Å². The Kier molecular flexibility index (Phi) is 7.83. The van der Waals surface area contributed by atoms with Crippen LogP contribution in [-0.2, 0) is 21.3 Å². The molecule has 4 rings (SSSR count). The Labute approximate surface area is 177 Å². The molecule has 2 aliphatic rings. The molecule has 0 saturated heterocycles. The molecule has 0 bridgehead atoms. The van der Waals surface area contributed by atoms with Gasteiger partial charge in [-0.15, -0.1) is 0 Å². The number of hydrogen-bond donors (Lipinski definition) is 0. The molecule has 0 spiro atoms. The summed E-state index contributed by atoms with van der Waals surface area (Å²) in [6, 6.07) is 18.1. The van der Waals surface area contributed by atoms with Gasteiger partial charge in [-0.3, -0.25) is 0 Å². The Balaban J connectivity index is 0.00000121. The molecule has 134 valence electrons. The van der Waals surface area contributed by atoms with E-state index in [1.807, 2.05) is 3.21 Å². The fraction of sp³-hybridized carbons (Fsp3) is 0.261. The third-order valence-electron chi connectivity index (χ3n) is 5.53. The van der Waals surface area contributed by atoms with E-state index in [9.17, 15) is 0 Å². The number of fused-ring (bicyclic) bond motifs is 2. The summed E-state index contributed by atoms with van der Waals surface area (Å²) < 4.78 is 3.27. The molecule has 3 heteroatoms. The zero-order valence-electron chi connectivity index (χ0n) is 15.3. The van der Waals surface area contributed by atoms with E-state index in [2.05, 4.69) is 86.7 Å². The van der Waals surface area contributed by atoms with Crippen LogP contribution >= 0.6 is 0 Å². The molecule has 0 fully saturated rings. The molecule has 2 aromatic rings. The monoisotopic (exact) mass is 460 g/mol. The van der Waals surface area contributed by atoms with Gasteiger partial charge in [-0.2, -0.15) is 0 Å². The fourth-order valence-electron chi connectivity index (χ4n) is 4.33. The maximum absolute atomic E-state index is 2.53. The van der Waals surface area contributed by atoms with Gasteiger partial charge in [-0.1, -0.05) is 0 Å². The van der Waals surface area contributed by atoms with Crippen LogP contribution in [-0.4, -0.2) is 3.21 Å². The van der Waals surface area contributed by atoms with Crippen LogP contribution < -0.4 is 24.8 Å². The standard InChI is InChI=1S/2C9H7.C5H10.2ClH.Zr/c2*1-2-5-9-7-3-6-8(9)4-1;1-3-5-4-2;;;/h2*1-7H;3-4H2,1-2H3;2*1H;/q;;;;;+2/p-2. The number of benzene rings is 2. The summed E-state index contributed by atoms with van der Waals surface area (Å²) in [5.74, 6) is 0. The molecule has 0 N–H and O–H groups in total. The quantitative estimate of drug-likeness (QED) is 0.607. The second-order valence-electron chi connectivity index (χ2n) is 6.70. The molecule has 0 amide bonds. The van der Waals surface area contributed by atoms with Crippen molar-refractivity contribution in [2.45, 2.75) is 33.9 Å². The van der Waals surface area contributed by atoms with Gasteiger partial charge in [-0.05, 0) is 0 Å². The van der Waals surface area contributed by atoms with Gasteiger partial charge in [-0.25, -0.2) is 0 Å². The Bertz CT molecular complexity index is 795. The smallest absolute Gasteiger partial charge is 1.00 e. The SMILES string of the molecule is CC[C](CC)=[Zr+2]([CH]1C=Cc2ccccc21)[CH]1C=Cc2ccccc21.[Cl-].[Cl-].